The number of hydrogen-bond donors (Lipinski definition) is 0. The molecule has 0 aliphatic carbocycles. The van der Waals surface area contributed by atoms with E-state index in [1.807, 2.05) is 20.8 Å². The van der Waals surface area contributed by atoms with Crippen LogP contribution in [0.25, 0.3) is 0 Å². The molecule has 0 unspecified atom stereocenters. The van der Waals surface area contributed by atoms with Crippen LogP contribution >= 0.6 is 0 Å². The van der Waals surface area contributed by atoms with Crippen molar-refractivity contribution in [2.45, 2.75) is 56.8 Å². The molecule has 1 aromatic rings. The molecule has 0 fully saturated rings. The van der Waals surface area contributed by atoms with E-state index in [2.05, 4.69) is 19.6 Å². The summed E-state index contributed by atoms with van der Waals surface area (Å²) in [7, 11) is -4.99. The van der Waals surface area contributed by atoms with Crippen LogP contribution in [-0.4, -0.2) is 22.2 Å². The van der Waals surface area contributed by atoms with Crippen molar-refractivity contribution in [1.82, 2.24) is 0 Å². The molecule has 0 spiro atoms. The van der Waals surface area contributed by atoms with Crippen molar-refractivity contribution in [3.8, 4) is 0 Å². The highest BCUT2D eigenvalue weighted by Crippen LogP contribution is 2.27. The van der Waals surface area contributed by atoms with E-state index >= 15 is 0 Å². The van der Waals surface area contributed by atoms with E-state index < -0.39 is 23.7 Å². The molecule has 1 aromatic carbocycles. The van der Waals surface area contributed by atoms with Gasteiger partial charge in [-0.2, -0.15) is 0 Å². The maximum Gasteiger partial charge on any atom is 0.180 e. The van der Waals surface area contributed by atoms with Gasteiger partial charge in [0.15, 0.2) is 9.84 Å². The lowest BCUT2D eigenvalue weighted by atomic mass is 9.87. The second kappa shape index (κ2) is 5.60. The number of hydrogen-bond acceptors (Lipinski definition) is 2. The fraction of sp³-hybridized carbons (Fsp3) is 0.600. The first-order chi connectivity index (χ1) is 8.83. The van der Waals surface area contributed by atoms with Gasteiger partial charge in [-0.25, -0.2) is 12.8 Å². The molecule has 0 N–H and O–H groups in total. The molecule has 0 aromatic heterocycles. The average Bonchev–Trinajstić information content (AvgIpc) is 2.24. The Morgan fingerprint density at radius 2 is 1.70 bits per heavy atom. The number of sulfone groups is 1. The first-order valence-corrected chi connectivity index (χ1v) is 12.2. The predicted octanol–water partition coefficient (Wildman–Crippen LogP) is 4.24. The van der Waals surface area contributed by atoms with E-state index in [4.69, 9.17) is 0 Å². The van der Waals surface area contributed by atoms with Gasteiger partial charge in [-0.05, 0) is 29.2 Å². The zero-order valence-electron chi connectivity index (χ0n) is 13.2. The lowest BCUT2D eigenvalue weighted by Gasteiger charge is -2.20. The van der Waals surface area contributed by atoms with Crippen LogP contribution in [0.15, 0.2) is 23.1 Å². The summed E-state index contributed by atoms with van der Waals surface area (Å²) in [6, 6.07) is 5.12. The summed E-state index contributed by atoms with van der Waals surface area (Å²) in [5, 5.41) is 0. The minimum absolute atomic E-state index is 0.0362. The second-order valence-electron chi connectivity index (χ2n) is 7.52. The highest BCUT2D eigenvalue weighted by Gasteiger charge is 2.24. The van der Waals surface area contributed by atoms with Crippen molar-refractivity contribution in [1.29, 1.82) is 0 Å². The van der Waals surface area contributed by atoms with Gasteiger partial charge in [0, 0.05) is 8.07 Å². The molecule has 0 amide bonds. The van der Waals surface area contributed by atoms with Crippen LogP contribution in [0.5, 0.6) is 0 Å². The molecule has 20 heavy (non-hydrogen) atoms. The fourth-order valence-electron chi connectivity index (χ4n) is 1.77. The maximum atomic E-state index is 14.1. The zero-order chi connectivity index (χ0) is 15.8. The summed E-state index contributed by atoms with van der Waals surface area (Å²) in [5.74, 6) is -0.595. The van der Waals surface area contributed by atoms with Gasteiger partial charge >= 0.3 is 0 Å². The quantitative estimate of drug-likeness (QED) is 0.779. The molecular formula is C15H25FO2SSi. The lowest BCUT2D eigenvalue weighted by Crippen LogP contribution is -2.24. The number of benzene rings is 1. The summed E-state index contributed by atoms with van der Waals surface area (Å²) < 4.78 is 38.6. The van der Waals surface area contributed by atoms with Gasteiger partial charge in [-0.15, -0.1) is 0 Å². The van der Waals surface area contributed by atoms with Gasteiger partial charge in [0.1, 0.15) is 10.7 Å². The average molecular weight is 317 g/mol. The van der Waals surface area contributed by atoms with Crippen LogP contribution in [0.1, 0.15) is 26.3 Å². The Hall–Kier alpha value is -0.683. The van der Waals surface area contributed by atoms with Crippen LogP contribution < -0.4 is 0 Å². The van der Waals surface area contributed by atoms with Crippen LogP contribution in [0.4, 0.5) is 4.39 Å². The van der Waals surface area contributed by atoms with E-state index in [1.54, 1.807) is 6.07 Å². The normalized spacial score (nSPS) is 13.6. The molecule has 0 aliphatic rings. The summed E-state index contributed by atoms with van der Waals surface area (Å²) in [5.41, 5.74) is 0.612. The summed E-state index contributed by atoms with van der Waals surface area (Å²) >= 11 is 0. The Labute approximate surface area is 123 Å². The van der Waals surface area contributed by atoms with E-state index in [9.17, 15) is 12.8 Å². The van der Waals surface area contributed by atoms with Gasteiger partial charge in [0.25, 0.3) is 0 Å². The molecule has 0 radical (unpaired) electrons. The monoisotopic (exact) mass is 316 g/mol. The van der Waals surface area contributed by atoms with Crippen molar-refractivity contribution in [2.24, 2.45) is 0 Å². The molecule has 0 aliphatic heterocycles. The number of halogens is 1. The Morgan fingerprint density at radius 1 is 1.15 bits per heavy atom. The molecule has 0 bridgehead atoms. The van der Waals surface area contributed by atoms with Crippen LogP contribution in [0, 0.1) is 5.82 Å². The van der Waals surface area contributed by atoms with E-state index in [0.29, 0.717) is 6.04 Å². The van der Waals surface area contributed by atoms with Crippen LogP contribution in [0.2, 0.25) is 25.7 Å². The van der Waals surface area contributed by atoms with Gasteiger partial charge in [0.05, 0.1) is 5.75 Å². The van der Waals surface area contributed by atoms with Gasteiger partial charge in [-0.1, -0.05) is 46.5 Å². The molecule has 1 rings (SSSR count). The van der Waals surface area contributed by atoms with E-state index in [1.165, 1.54) is 12.1 Å². The summed E-state index contributed by atoms with van der Waals surface area (Å²) in [6.45, 7) is 12.3. The molecule has 5 heteroatoms. The molecule has 0 atom stereocenters. The molecule has 114 valence electrons. The fourth-order valence-corrected chi connectivity index (χ4v) is 6.15. The standard InChI is InChI=1S/C15H25FO2SSi/c1-15(2,3)12-7-8-14(13(16)11-12)19(17,18)9-10-20(4,5)6/h7-8,11H,9-10H2,1-6H3. The summed E-state index contributed by atoms with van der Waals surface area (Å²) in [4.78, 5) is -0.163. The van der Waals surface area contributed by atoms with Crippen molar-refractivity contribution in [3.63, 3.8) is 0 Å². The van der Waals surface area contributed by atoms with Gasteiger partial charge < -0.3 is 0 Å². The van der Waals surface area contributed by atoms with Crippen LogP contribution in [-0.2, 0) is 15.3 Å². The topological polar surface area (TPSA) is 34.1 Å². The Morgan fingerprint density at radius 3 is 2.10 bits per heavy atom. The molecule has 0 heterocycles. The minimum atomic E-state index is -3.53. The summed E-state index contributed by atoms with van der Waals surface area (Å²) in [6.07, 6.45) is 0. The van der Waals surface area contributed by atoms with E-state index in [-0.39, 0.29) is 16.1 Å². The zero-order valence-corrected chi connectivity index (χ0v) is 15.1. The highest BCUT2D eigenvalue weighted by molar-refractivity contribution is 7.91. The highest BCUT2D eigenvalue weighted by atomic mass is 32.2. The van der Waals surface area contributed by atoms with Crippen LogP contribution in [0.3, 0.4) is 0 Å². The molecule has 0 saturated carbocycles. The smallest absolute Gasteiger partial charge is 0.180 e. The van der Waals surface area contributed by atoms with Crippen molar-refractivity contribution < 1.29 is 12.8 Å². The molecule has 2 nitrogen and oxygen atoms in total. The lowest BCUT2D eigenvalue weighted by molar-refractivity contribution is 0.549. The van der Waals surface area contributed by atoms with Crippen molar-refractivity contribution in [2.75, 3.05) is 5.75 Å². The van der Waals surface area contributed by atoms with Gasteiger partial charge in [0.2, 0.25) is 0 Å². The van der Waals surface area contributed by atoms with Crippen molar-refractivity contribution in [3.05, 3.63) is 29.6 Å². The third kappa shape index (κ3) is 4.70. The molecule has 0 saturated heterocycles. The molecular weight excluding hydrogens is 291 g/mol. The largest absolute Gasteiger partial charge is 0.224 e. The predicted molar refractivity (Wildman–Crippen MR) is 85.3 cm³/mol. The SMILES string of the molecule is CC(C)(C)c1ccc(S(=O)(=O)CC[Si](C)(C)C)c(F)c1. The Kier molecular flexibility index (Phi) is 4.86. The van der Waals surface area contributed by atoms with Gasteiger partial charge in [-0.3, -0.25) is 0 Å². The third-order valence-electron chi connectivity index (χ3n) is 3.25. The number of rotatable bonds is 4. The second-order valence-corrected chi connectivity index (χ2v) is 15.2. The minimum Gasteiger partial charge on any atom is -0.224 e. The first-order valence-electron chi connectivity index (χ1n) is 6.86. The first kappa shape index (κ1) is 17.4. The maximum absolute atomic E-state index is 14.1. The third-order valence-corrected chi connectivity index (χ3v) is 7.11. The van der Waals surface area contributed by atoms with Crippen molar-refractivity contribution >= 4 is 17.9 Å². The Balaban J connectivity index is 3.09. The van der Waals surface area contributed by atoms with E-state index in [0.717, 1.165) is 5.56 Å². The Bertz CT molecular complexity index is 581.